The van der Waals surface area contributed by atoms with Crippen LogP contribution in [0.25, 0.3) is 0 Å². The van der Waals surface area contributed by atoms with Crippen LogP contribution in [0.5, 0.6) is 17.4 Å². The highest BCUT2D eigenvalue weighted by molar-refractivity contribution is 5.90. The lowest BCUT2D eigenvalue weighted by Gasteiger charge is -2.08. The maximum absolute atomic E-state index is 11.6. The summed E-state index contributed by atoms with van der Waals surface area (Å²) >= 11 is 0. The molecule has 0 saturated heterocycles. The van der Waals surface area contributed by atoms with Gasteiger partial charge in [0, 0.05) is 18.5 Å². The van der Waals surface area contributed by atoms with E-state index < -0.39 is 0 Å². The van der Waals surface area contributed by atoms with Crippen LogP contribution in [0.15, 0.2) is 42.6 Å². The van der Waals surface area contributed by atoms with E-state index in [1.807, 2.05) is 0 Å². The minimum Gasteiger partial charge on any atom is -0.497 e. The number of nitrogens with one attached hydrogen (secondary N) is 1. The van der Waals surface area contributed by atoms with E-state index in [0.717, 1.165) is 5.75 Å². The van der Waals surface area contributed by atoms with Crippen LogP contribution in [-0.4, -0.2) is 24.0 Å². The van der Waals surface area contributed by atoms with Gasteiger partial charge in [0.25, 0.3) is 0 Å². The molecule has 132 valence electrons. The number of amides is 1. The van der Waals surface area contributed by atoms with Gasteiger partial charge < -0.3 is 20.5 Å². The third-order valence-corrected chi connectivity index (χ3v) is 2.81. The number of carbonyl (C=O) groups is 1. The lowest BCUT2D eigenvalue weighted by molar-refractivity contribution is -0.116. The number of methoxy groups -OCH3 is 1. The van der Waals surface area contributed by atoms with Crippen LogP contribution in [0.4, 0.5) is 5.69 Å². The number of halogens is 2. The Morgan fingerprint density at radius 1 is 1.17 bits per heavy atom. The van der Waals surface area contributed by atoms with Gasteiger partial charge in [-0.05, 0) is 37.3 Å². The first kappa shape index (κ1) is 22.0. The number of pyridine rings is 1. The molecule has 6 nitrogen and oxygen atoms in total. The fraction of sp³-hybridized carbons (Fsp3) is 0.250. The quantitative estimate of drug-likeness (QED) is 0.809. The van der Waals surface area contributed by atoms with E-state index in [-0.39, 0.29) is 43.2 Å². The van der Waals surface area contributed by atoms with E-state index in [0.29, 0.717) is 17.3 Å². The summed E-state index contributed by atoms with van der Waals surface area (Å²) in [7, 11) is 1.61. The number of benzene rings is 1. The van der Waals surface area contributed by atoms with Crippen molar-refractivity contribution >= 4 is 36.4 Å². The predicted octanol–water partition coefficient (Wildman–Crippen LogP) is 3.40. The Labute approximate surface area is 153 Å². The van der Waals surface area contributed by atoms with Gasteiger partial charge in [0.2, 0.25) is 11.8 Å². The smallest absolute Gasteiger partial charge is 0.225 e. The summed E-state index contributed by atoms with van der Waals surface area (Å²) in [6.45, 7) is 1.78. The van der Waals surface area contributed by atoms with Gasteiger partial charge >= 0.3 is 0 Å². The fourth-order valence-electron chi connectivity index (χ4n) is 1.78. The third kappa shape index (κ3) is 7.04. The van der Waals surface area contributed by atoms with E-state index in [1.54, 1.807) is 50.4 Å². The van der Waals surface area contributed by atoms with Gasteiger partial charge in [-0.3, -0.25) is 4.79 Å². The molecule has 0 saturated carbocycles. The first-order valence-electron chi connectivity index (χ1n) is 6.90. The largest absolute Gasteiger partial charge is 0.497 e. The van der Waals surface area contributed by atoms with Crippen molar-refractivity contribution in [3.05, 3.63) is 42.6 Å². The standard InChI is InChI=1S/C16H19N3O3.2ClH/c1-11(17)9-15(20)19-12-3-8-16(18-10-12)22-14-6-4-13(21-2)5-7-14;;/h3-8,10-11H,9,17H2,1-2H3,(H,19,20);2*1H. The number of carbonyl (C=O) groups excluding carboxylic acids is 1. The molecular formula is C16H21Cl2N3O3. The second kappa shape index (κ2) is 10.7. The van der Waals surface area contributed by atoms with Crippen molar-refractivity contribution in [3.8, 4) is 17.4 Å². The normalized spacial score (nSPS) is 10.6. The number of nitrogens with two attached hydrogens (primary N) is 1. The van der Waals surface area contributed by atoms with E-state index in [1.165, 1.54) is 6.20 Å². The van der Waals surface area contributed by atoms with Crippen LogP contribution in [0.1, 0.15) is 13.3 Å². The average molecular weight is 374 g/mol. The van der Waals surface area contributed by atoms with Gasteiger partial charge in [-0.1, -0.05) is 0 Å². The summed E-state index contributed by atoms with van der Waals surface area (Å²) in [5.41, 5.74) is 6.18. The molecule has 0 aliphatic rings. The van der Waals surface area contributed by atoms with Crippen molar-refractivity contribution in [2.24, 2.45) is 5.73 Å². The molecule has 2 rings (SSSR count). The van der Waals surface area contributed by atoms with Crippen molar-refractivity contribution in [2.45, 2.75) is 19.4 Å². The van der Waals surface area contributed by atoms with E-state index >= 15 is 0 Å². The number of anilines is 1. The Kier molecular flexibility index (Phi) is 9.80. The summed E-state index contributed by atoms with van der Waals surface area (Å²) in [6, 6.07) is 10.4. The van der Waals surface area contributed by atoms with E-state index in [9.17, 15) is 4.79 Å². The van der Waals surface area contributed by atoms with Crippen molar-refractivity contribution in [3.63, 3.8) is 0 Å². The highest BCUT2D eigenvalue weighted by atomic mass is 35.5. The van der Waals surface area contributed by atoms with Gasteiger partial charge in [-0.2, -0.15) is 0 Å². The molecule has 24 heavy (non-hydrogen) atoms. The van der Waals surface area contributed by atoms with Crippen molar-refractivity contribution < 1.29 is 14.3 Å². The van der Waals surface area contributed by atoms with Crippen LogP contribution >= 0.6 is 24.8 Å². The first-order chi connectivity index (χ1) is 10.6. The third-order valence-electron chi connectivity index (χ3n) is 2.81. The van der Waals surface area contributed by atoms with Crippen molar-refractivity contribution in [1.29, 1.82) is 0 Å². The zero-order chi connectivity index (χ0) is 15.9. The molecule has 0 aliphatic carbocycles. The van der Waals surface area contributed by atoms with Gasteiger partial charge in [0.15, 0.2) is 0 Å². The molecular weight excluding hydrogens is 353 g/mol. The molecule has 1 aromatic heterocycles. The molecule has 1 atom stereocenters. The molecule has 8 heteroatoms. The highest BCUT2D eigenvalue weighted by Crippen LogP contribution is 2.23. The van der Waals surface area contributed by atoms with Gasteiger partial charge in [0.1, 0.15) is 11.5 Å². The number of ether oxygens (including phenoxy) is 2. The molecule has 0 spiro atoms. The second-order valence-electron chi connectivity index (χ2n) is 4.89. The summed E-state index contributed by atoms with van der Waals surface area (Å²) in [4.78, 5) is 15.7. The Morgan fingerprint density at radius 3 is 2.29 bits per heavy atom. The maximum Gasteiger partial charge on any atom is 0.225 e. The summed E-state index contributed by atoms with van der Waals surface area (Å²) in [5.74, 6) is 1.71. The lowest BCUT2D eigenvalue weighted by atomic mass is 10.2. The van der Waals surface area contributed by atoms with Crippen molar-refractivity contribution in [1.82, 2.24) is 4.98 Å². The number of aromatic nitrogens is 1. The topological polar surface area (TPSA) is 86.5 Å². The number of rotatable bonds is 6. The monoisotopic (exact) mass is 373 g/mol. The summed E-state index contributed by atoms with van der Waals surface area (Å²) < 4.78 is 10.7. The zero-order valence-electron chi connectivity index (χ0n) is 13.4. The molecule has 0 aliphatic heterocycles. The Morgan fingerprint density at radius 2 is 1.79 bits per heavy atom. The first-order valence-corrected chi connectivity index (χ1v) is 6.90. The molecule has 0 radical (unpaired) electrons. The molecule has 1 heterocycles. The van der Waals surface area contributed by atoms with Gasteiger partial charge in [-0.15, -0.1) is 24.8 Å². The molecule has 1 aromatic carbocycles. The van der Waals surface area contributed by atoms with Crippen LogP contribution in [0, 0.1) is 0 Å². The Hall–Kier alpha value is -2.02. The summed E-state index contributed by atoms with van der Waals surface area (Å²) in [5, 5.41) is 2.73. The zero-order valence-corrected chi connectivity index (χ0v) is 15.0. The Balaban J connectivity index is 0.00000264. The minimum atomic E-state index is -0.175. The number of nitrogens with zero attached hydrogens (tertiary/aromatic N) is 1. The van der Waals surface area contributed by atoms with Gasteiger partial charge in [-0.25, -0.2) is 4.98 Å². The van der Waals surface area contributed by atoms with Gasteiger partial charge in [0.05, 0.1) is 19.0 Å². The lowest BCUT2D eigenvalue weighted by Crippen LogP contribution is -2.23. The van der Waals surface area contributed by atoms with Crippen LogP contribution in [-0.2, 0) is 4.79 Å². The number of hydrogen-bond donors (Lipinski definition) is 2. The van der Waals surface area contributed by atoms with E-state index in [2.05, 4.69) is 10.3 Å². The molecule has 0 bridgehead atoms. The SMILES string of the molecule is COc1ccc(Oc2ccc(NC(=O)CC(C)N)cn2)cc1.Cl.Cl. The van der Waals surface area contributed by atoms with E-state index in [4.69, 9.17) is 15.2 Å². The van der Waals surface area contributed by atoms with Crippen LogP contribution in [0.2, 0.25) is 0 Å². The number of hydrogen-bond acceptors (Lipinski definition) is 5. The molecule has 1 unspecified atom stereocenters. The minimum absolute atomic E-state index is 0. The average Bonchev–Trinajstić information content (AvgIpc) is 2.49. The molecule has 3 N–H and O–H groups in total. The second-order valence-corrected chi connectivity index (χ2v) is 4.89. The highest BCUT2D eigenvalue weighted by Gasteiger charge is 2.06. The fourth-order valence-corrected chi connectivity index (χ4v) is 1.78. The van der Waals surface area contributed by atoms with Crippen molar-refractivity contribution in [2.75, 3.05) is 12.4 Å². The molecule has 0 fully saturated rings. The van der Waals surface area contributed by atoms with Crippen LogP contribution < -0.4 is 20.5 Å². The molecule has 2 aromatic rings. The molecule has 1 amide bonds. The Bertz CT molecular complexity index is 619. The van der Waals surface area contributed by atoms with Crippen LogP contribution in [0.3, 0.4) is 0 Å². The summed E-state index contributed by atoms with van der Waals surface area (Å²) in [6.07, 6.45) is 1.81. The predicted molar refractivity (Wildman–Crippen MR) is 98.7 cm³/mol. The maximum atomic E-state index is 11.6.